The number of carbonyl (C=O) groups excluding carboxylic acids is 1. The Kier molecular flexibility index (Phi) is 2.75. The van der Waals surface area contributed by atoms with Crippen molar-refractivity contribution in [1.29, 1.82) is 0 Å². The number of rotatable bonds is 2. The van der Waals surface area contributed by atoms with E-state index in [4.69, 9.17) is 0 Å². The average Bonchev–Trinajstić information content (AvgIpc) is 2.73. The molecule has 1 fully saturated rings. The first kappa shape index (κ1) is 11.5. The first-order valence-electron chi connectivity index (χ1n) is 4.81. The lowest BCUT2D eigenvalue weighted by Crippen LogP contribution is -2.47. The number of hydrogen-bond donors (Lipinski definition) is 1. The zero-order valence-corrected chi connectivity index (χ0v) is 10.4. The van der Waals surface area contributed by atoms with Gasteiger partial charge in [-0.05, 0) is 13.3 Å². The van der Waals surface area contributed by atoms with Gasteiger partial charge in [0.25, 0.3) is 5.91 Å². The number of carbonyl (C=O) groups is 1. The van der Waals surface area contributed by atoms with Crippen LogP contribution in [0.15, 0.2) is 10.9 Å². The minimum absolute atomic E-state index is 0.00980. The van der Waals surface area contributed by atoms with Crippen molar-refractivity contribution in [2.45, 2.75) is 18.9 Å². The highest BCUT2D eigenvalue weighted by Gasteiger charge is 2.39. The Labute approximate surface area is 97.8 Å². The molecule has 0 radical (unpaired) electrons. The highest BCUT2D eigenvalue weighted by Crippen LogP contribution is 2.23. The minimum atomic E-state index is -3.00. The van der Waals surface area contributed by atoms with E-state index >= 15 is 0 Å². The lowest BCUT2D eigenvalue weighted by Gasteiger charge is -2.23. The third-order valence-corrected chi connectivity index (χ3v) is 5.07. The topological polar surface area (TPSA) is 76.1 Å². The molecule has 2 heterocycles. The molecule has 0 spiro atoms. The van der Waals surface area contributed by atoms with E-state index in [1.807, 2.05) is 0 Å². The molecule has 16 heavy (non-hydrogen) atoms. The Morgan fingerprint density at radius 2 is 2.38 bits per heavy atom. The summed E-state index contributed by atoms with van der Waals surface area (Å²) < 4.78 is 22.7. The van der Waals surface area contributed by atoms with Gasteiger partial charge < -0.3 is 5.32 Å². The van der Waals surface area contributed by atoms with Gasteiger partial charge in [-0.3, -0.25) is 4.79 Å². The molecule has 5 nitrogen and oxygen atoms in total. The number of nitrogens with one attached hydrogen (secondary N) is 1. The third-order valence-electron chi connectivity index (χ3n) is 2.58. The van der Waals surface area contributed by atoms with Crippen LogP contribution in [0.1, 0.15) is 23.8 Å². The second kappa shape index (κ2) is 3.81. The smallest absolute Gasteiger partial charge is 0.271 e. The average molecular weight is 260 g/mol. The number of amides is 1. The van der Waals surface area contributed by atoms with E-state index in [9.17, 15) is 13.2 Å². The fraction of sp³-hybridized carbons (Fsp3) is 0.556. The van der Waals surface area contributed by atoms with Crippen molar-refractivity contribution >= 4 is 27.1 Å². The first-order valence-corrected chi connectivity index (χ1v) is 7.58. The number of thiazole rings is 1. The number of aromatic nitrogens is 1. The number of nitrogens with zero attached hydrogens (tertiary/aromatic N) is 1. The number of hydrogen-bond acceptors (Lipinski definition) is 5. The predicted molar refractivity (Wildman–Crippen MR) is 61.3 cm³/mol. The Bertz CT molecular complexity index is 495. The fourth-order valence-electron chi connectivity index (χ4n) is 1.77. The molecular weight excluding hydrogens is 248 g/mol. The summed E-state index contributed by atoms with van der Waals surface area (Å²) in [6, 6.07) is 0. The van der Waals surface area contributed by atoms with Crippen molar-refractivity contribution in [3.8, 4) is 0 Å². The van der Waals surface area contributed by atoms with Crippen LogP contribution in [0, 0.1) is 0 Å². The zero-order chi connectivity index (χ0) is 11.8. The molecule has 1 aromatic rings. The predicted octanol–water partition coefficient (Wildman–Crippen LogP) is 0.450. The van der Waals surface area contributed by atoms with Crippen LogP contribution in [0.2, 0.25) is 0 Å². The van der Waals surface area contributed by atoms with Crippen molar-refractivity contribution in [3.63, 3.8) is 0 Å². The lowest BCUT2D eigenvalue weighted by atomic mass is 10.0. The maximum Gasteiger partial charge on any atom is 0.271 e. The van der Waals surface area contributed by atoms with Crippen molar-refractivity contribution in [3.05, 3.63) is 16.6 Å². The monoisotopic (exact) mass is 260 g/mol. The molecule has 1 saturated heterocycles. The van der Waals surface area contributed by atoms with E-state index in [1.54, 1.807) is 17.8 Å². The van der Waals surface area contributed by atoms with Gasteiger partial charge in [-0.15, -0.1) is 11.3 Å². The van der Waals surface area contributed by atoms with Crippen LogP contribution >= 0.6 is 11.3 Å². The molecule has 7 heteroatoms. The molecular formula is C9H12N2O3S2. The van der Waals surface area contributed by atoms with E-state index in [0.717, 1.165) is 0 Å². The second-order valence-corrected chi connectivity index (χ2v) is 7.13. The summed E-state index contributed by atoms with van der Waals surface area (Å²) in [5.74, 6) is -0.155. The van der Waals surface area contributed by atoms with Gasteiger partial charge in [0.2, 0.25) is 0 Å². The highest BCUT2D eigenvalue weighted by molar-refractivity contribution is 7.91. The lowest BCUT2D eigenvalue weighted by molar-refractivity contribution is 0.0911. The Morgan fingerprint density at radius 1 is 1.62 bits per heavy atom. The van der Waals surface area contributed by atoms with Crippen molar-refractivity contribution < 1.29 is 13.2 Å². The molecule has 1 N–H and O–H groups in total. The molecule has 1 aliphatic heterocycles. The molecule has 1 aromatic heterocycles. The summed E-state index contributed by atoms with van der Waals surface area (Å²) in [4.78, 5) is 15.6. The molecule has 0 bridgehead atoms. The van der Waals surface area contributed by atoms with Gasteiger partial charge in [-0.1, -0.05) is 0 Å². The largest absolute Gasteiger partial charge is 0.344 e. The standard InChI is InChI=1S/C9H12N2O3S2/c1-9(2-3-16(13,14)5-9)11-8(12)7-4-15-6-10-7/h4,6H,2-3,5H2,1H3,(H,11,12)/t9-/m0/s1. The first-order chi connectivity index (χ1) is 7.40. The van der Waals surface area contributed by atoms with Crippen LogP contribution in [0.25, 0.3) is 0 Å². The summed E-state index contributed by atoms with van der Waals surface area (Å²) in [5, 5.41) is 4.38. The molecule has 0 unspecified atom stereocenters. The Morgan fingerprint density at radius 3 is 2.88 bits per heavy atom. The second-order valence-electron chi connectivity index (χ2n) is 4.23. The minimum Gasteiger partial charge on any atom is -0.344 e. The van der Waals surface area contributed by atoms with Crippen LogP contribution < -0.4 is 5.32 Å². The Hall–Kier alpha value is -0.950. The van der Waals surface area contributed by atoms with E-state index in [-0.39, 0.29) is 17.4 Å². The molecule has 1 aliphatic rings. The van der Waals surface area contributed by atoms with Crippen molar-refractivity contribution in [2.24, 2.45) is 0 Å². The molecule has 0 aliphatic carbocycles. The fourth-order valence-corrected chi connectivity index (χ4v) is 4.40. The van der Waals surface area contributed by atoms with Gasteiger partial charge in [-0.2, -0.15) is 0 Å². The summed E-state index contributed by atoms with van der Waals surface area (Å²) in [7, 11) is -3.00. The summed E-state index contributed by atoms with van der Waals surface area (Å²) >= 11 is 1.33. The molecule has 0 aromatic carbocycles. The molecule has 1 atom stereocenters. The maximum atomic E-state index is 11.7. The maximum absolute atomic E-state index is 11.7. The van der Waals surface area contributed by atoms with Gasteiger partial charge in [0, 0.05) is 5.38 Å². The quantitative estimate of drug-likeness (QED) is 0.837. The van der Waals surface area contributed by atoms with Gasteiger partial charge in [0.1, 0.15) is 5.69 Å². The molecule has 1 amide bonds. The van der Waals surface area contributed by atoms with Crippen LogP contribution in [-0.4, -0.2) is 36.4 Å². The third kappa shape index (κ3) is 2.41. The van der Waals surface area contributed by atoms with E-state index in [0.29, 0.717) is 12.1 Å². The Balaban J connectivity index is 2.09. The molecule has 88 valence electrons. The van der Waals surface area contributed by atoms with Crippen molar-refractivity contribution in [2.75, 3.05) is 11.5 Å². The van der Waals surface area contributed by atoms with E-state index in [2.05, 4.69) is 10.3 Å². The molecule has 0 saturated carbocycles. The summed E-state index contributed by atoms with van der Waals surface area (Å²) in [6.45, 7) is 1.75. The van der Waals surface area contributed by atoms with E-state index in [1.165, 1.54) is 11.3 Å². The van der Waals surface area contributed by atoms with Gasteiger partial charge in [0.05, 0.1) is 22.6 Å². The van der Waals surface area contributed by atoms with Crippen LogP contribution in [0.5, 0.6) is 0 Å². The zero-order valence-electron chi connectivity index (χ0n) is 8.76. The normalized spacial score (nSPS) is 27.8. The van der Waals surface area contributed by atoms with Gasteiger partial charge in [0.15, 0.2) is 9.84 Å². The number of sulfone groups is 1. The SMILES string of the molecule is C[C@]1(NC(=O)c2cscn2)CCS(=O)(=O)C1. The van der Waals surface area contributed by atoms with Gasteiger partial charge in [-0.25, -0.2) is 13.4 Å². The van der Waals surface area contributed by atoms with Gasteiger partial charge >= 0.3 is 0 Å². The van der Waals surface area contributed by atoms with Crippen molar-refractivity contribution in [1.82, 2.24) is 10.3 Å². The highest BCUT2D eigenvalue weighted by atomic mass is 32.2. The summed E-state index contributed by atoms with van der Waals surface area (Å²) in [5.41, 5.74) is 1.26. The molecule has 2 rings (SSSR count). The van der Waals surface area contributed by atoms with Crippen LogP contribution in [0.4, 0.5) is 0 Å². The van der Waals surface area contributed by atoms with Crippen LogP contribution in [-0.2, 0) is 9.84 Å². The van der Waals surface area contributed by atoms with Crippen LogP contribution in [0.3, 0.4) is 0 Å². The summed E-state index contributed by atoms with van der Waals surface area (Å²) in [6.07, 6.45) is 0.464. The van der Waals surface area contributed by atoms with E-state index < -0.39 is 15.4 Å².